The van der Waals surface area contributed by atoms with E-state index in [0.717, 1.165) is 6.54 Å². The minimum absolute atomic E-state index is 0.125. The van der Waals surface area contributed by atoms with Gasteiger partial charge in [-0.25, -0.2) is 4.79 Å². The maximum absolute atomic E-state index is 11.2. The Balaban J connectivity index is 2.22. The molecular weight excluding hydrogens is 210 g/mol. The van der Waals surface area contributed by atoms with E-state index in [0.29, 0.717) is 18.7 Å². The summed E-state index contributed by atoms with van der Waals surface area (Å²) >= 11 is 0. The lowest BCUT2D eigenvalue weighted by atomic mass is 10.0. The van der Waals surface area contributed by atoms with Crippen molar-refractivity contribution in [2.45, 2.75) is 12.0 Å². The number of β-amino-alcohol motifs (C(OH)–C–C–N with tert-alkyl or cyclic N) is 1. The molecule has 2 rings (SSSR count). The van der Waals surface area contributed by atoms with Crippen LogP contribution in [0.3, 0.4) is 0 Å². The summed E-state index contributed by atoms with van der Waals surface area (Å²) in [5.41, 5.74) is -0.985. The highest BCUT2D eigenvalue weighted by Gasteiger charge is 2.39. The molecule has 0 aromatic carbocycles. The highest BCUT2D eigenvalue weighted by Crippen LogP contribution is 2.32. The van der Waals surface area contributed by atoms with Crippen LogP contribution in [0.25, 0.3) is 0 Å². The van der Waals surface area contributed by atoms with Crippen LogP contribution < -0.4 is 0 Å². The third kappa shape index (κ3) is 1.83. The number of aliphatic hydroxyl groups is 1. The summed E-state index contributed by atoms with van der Waals surface area (Å²) in [5, 5.41) is 10.3. The molecule has 0 radical (unpaired) electrons. The molecule has 5 heteroatoms. The maximum atomic E-state index is 11.2. The van der Waals surface area contributed by atoms with Gasteiger partial charge >= 0.3 is 5.97 Å². The Labute approximate surface area is 93.6 Å². The first-order valence-electron chi connectivity index (χ1n) is 5.15. The fourth-order valence-electron chi connectivity index (χ4n) is 1.98. The molecule has 1 aromatic heterocycles. The van der Waals surface area contributed by atoms with Crippen molar-refractivity contribution in [2.24, 2.45) is 0 Å². The van der Waals surface area contributed by atoms with Gasteiger partial charge in [-0.15, -0.1) is 0 Å². The first kappa shape index (κ1) is 11.2. The van der Waals surface area contributed by atoms with Gasteiger partial charge in [-0.05, 0) is 25.6 Å². The summed E-state index contributed by atoms with van der Waals surface area (Å²) in [7, 11) is 3.23. The summed E-state index contributed by atoms with van der Waals surface area (Å²) < 4.78 is 9.86. The molecule has 1 atom stereocenters. The second-order valence-corrected chi connectivity index (χ2v) is 4.17. The summed E-state index contributed by atoms with van der Waals surface area (Å²) in [6, 6.07) is 3.16. The number of ether oxygens (including phenoxy) is 1. The molecule has 0 spiro atoms. The first-order chi connectivity index (χ1) is 7.55. The predicted molar refractivity (Wildman–Crippen MR) is 56.1 cm³/mol. The van der Waals surface area contributed by atoms with E-state index in [2.05, 4.69) is 4.74 Å². The quantitative estimate of drug-likeness (QED) is 0.746. The molecule has 1 aliphatic rings. The van der Waals surface area contributed by atoms with Gasteiger partial charge in [-0.1, -0.05) is 0 Å². The zero-order valence-corrected chi connectivity index (χ0v) is 9.40. The van der Waals surface area contributed by atoms with E-state index < -0.39 is 11.6 Å². The number of nitrogens with zero attached hydrogens (tertiary/aromatic N) is 1. The molecule has 0 amide bonds. The molecule has 1 saturated heterocycles. The zero-order valence-electron chi connectivity index (χ0n) is 9.40. The van der Waals surface area contributed by atoms with Crippen LogP contribution in [-0.4, -0.2) is 43.2 Å². The normalized spacial score (nSPS) is 25.9. The van der Waals surface area contributed by atoms with Crippen LogP contribution in [0.4, 0.5) is 0 Å². The molecule has 1 unspecified atom stereocenters. The summed E-state index contributed by atoms with van der Waals surface area (Å²) in [4.78, 5) is 13.2. The van der Waals surface area contributed by atoms with Crippen molar-refractivity contribution in [3.8, 4) is 0 Å². The van der Waals surface area contributed by atoms with Crippen LogP contribution in [0, 0.1) is 0 Å². The highest BCUT2D eigenvalue weighted by atomic mass is 16.5. The number of carbonyl (C=O) groups excluding carboxylic acids is 1. The fourth-order valence-corrected chi connectivity index (χ4v) is 1.98. The van der Waals surface area contributed by atoms with Crippen molar-refractivity contribution >= 4 is 5.97 Å². The topological polar surface area (TPSA) is 62.9 Å². The van der Waals surface area contributed by atoms with Gasteiger partial charge in [0.05, 0.1) is 7.11 Å². The second kappa shape index (κ2) is 3.92. The Morgan fingerprint density at radius 1 is 1.62 bits per heavy atom. The number of methoxy groups -OCH3 is 1. The molecule has 16 heavy (non-hydrogen) atoms. The summed E-state index contributed by atoms with van der Waals surface area (Å²) in [5.74, 6) is 0.0268. The maximum Gasteiger partial charge on any atom is 0.373 e. The summed E-state index contributed by atoms with van der Waals surface area (Å²) in [6.45, 7) is 1.33. The number of hydrogen-bond acceptors (Lipinski definition) is 5. The van der Waals surface area contributed by atoms with Gasteiger partial charge in [0.15, 0.2) is 0 Å². The predicted octanol–water partition coefficient (Wildman–Crippen LogP) is 0.589. The van der Waals surface area contributed by atoms with Crippen LogP contribution in [0.1, 0.15) is 22.7 Å². The molecule has 1 N–H and O–H groups in total. The Morgan fingerprint density at radius 2 is 2.38 bits per heavy atom. The van der Waals surface area contributed by atoms with E-state index in [1.807, 2.05) is 11.9 Å². The van der Waals surface area contributed by atoms with Crippen molar-refractivity contribution in [3.63, 3.8) is 0 Å². The van der Waals surface area contributed by atoms with Gasteiger partial charge in [0.1, 0.15) is 11.4 Å². The molecule has 88 valence electrons. The van der Waals surface area contributed by atoms with Crippen LogP contribution >= 0.6 is 0 Å². The smallest absolute Gasteiger partial charge is 0.373 e. The third-order valence-electron chi connectivity index (χ3n) is 2.89. The molecule has 1 aliphatic heterocycles. The van der Waals surface area contributed by atoms with Gasteiger partial charge in [-0.2, -0.15) is 0 Å². The fraction of sp³-hybridized carbons (Fsp3) is 0.545. The van der Waals surface area contributed by atoms with E-state index >= 15 is 0 Å². The number of likely N-dealkylation sites (N-methyl/N-ethyl adjacent to an activating group) is 1. The minimum Gasteiger partial charge on any atom is -0.463 e. The van der Waals surface area contributed by atoms with E-state index in [9.17, 15) is 9.90 Å². The number of rotatable bonds is 2. The van der Waals surface area contributed by atoms with E-state index in [1.54, 1.807) is 6.07 Å². The lowest BCUT2D eigenvalue weighted by Gasteiger charge is -2.19. The molecule has 2 heterocycles. The Hall–Kier alpha value is -1.33. The molecule has 0 bridgehead atoms. The SMILES string of the molecule is COC(=O)c1ccc(C2(O)CCN(C)C2)o1. The van der Waals surface area contributed by atoms with E-state index in [-0.39, 0.29) is 5.76 Å². The zero-order chi connectivity index (χ0) is 11.8. The third-order valence-corrected chi connectivity index (χ3v) is 2.89. The molecule has 0 saturated carbocycles. The van der Waals surface area contributed by atoms with Gasteiger partial charge in [-0.3, -0.25) is 0 Å². The van der Waals surface area contributed by atoms with Crippen LogP contribution in [0.15, 0.2) is 16.5 Å². The van der Waals surface area contributed by atoms with E-state index in [1.165, 1.54) is 13.2 Å². The minimum atomic E-state index is -0.985. The summed E-state index contributed by atoms with van der Waals surface area (Å²) in [6.07, 6.45) is 0.609. The number of hydrogen-bond donors (Lipinski definition) is 1. The van der Waals surface area contributed by atoms with Crippen molar-refractivity contribution in [3.05, 3.63) is 23.7 Å². The largest absolute Gasteiger partial charge is 0.463 e. The Morgan fingerprint density at radius 3 is 2.94 bits per heavy atom. The molecule has 0 aliphatic carbocycles. The Bertz CT molecular complexity index is 400. The average Bonchev–Trinajstić information content (AvgIpc) is 2.85. The number of esters is 1. The van der Waals surface area contributed by atoms with Crippen molar-refractivity contribution in [1.29, 1.82) is 0 Å². The first-order valence-corrected chi connectivity index (χ1v) is 5.15. The Kier molecular flexibility index (Phi) is 2.73. The number of likely N-dealkylation sites (tertiary alicyclic amines) is 1. The van der Waals surface area contributed by atoms with Gasteiger partial charge in [0.2, 0.25) is 5.76 Å². The second-order valence-electron chi connectivity index (χ2n) is 4.17. The highest BCUT2D eigenvalue weighted by molar-refractivity contribution is 5.86. The molecule has 1 aromatic rings. The molecule has 1 fully saturated rings. The molecule has 5 nitrogen and oxygen atoms in total. The van der Waals surface area contributed by atoms with Crippen molar-refractivity contribution < 1.29 is 19.1 Å². The lowest BCUT2D eigenvalue weighted by Crippen LogP contribution is -2.28. The number of carbonyl (C=O) groups is 1. The van der Waals surface area contributed by atoms with Crippen molar-refractivity contribution in [1.82, 2.24) is 4.90 Å². The van der Waals surface area contributed by atoms with E-state index in [4.69, 9.17) is 4.42 Å². The van der Waals surface area contributed by atoms with Gasteiger partial charge in [0.25, 0.3) is 0 Å². The van der Waals surface area contributed by atoms with Gasteiger partial charge < -0.3 is 19.2 Å². The monoisotopic (exact) mass is 225 g/mol. The average molecular weight is 225 g/mol. The van der Waals surface area contributed by atoms with Crippen molar-refractivity contribution in [2.75, 3.05) is 27.2 Å². The van der Waals surface area contributed by atoms with Crippen LogP contribution in [-0.2, 0) is 10.3 Å². The molecular formula is C11H15NO4. The standard InChI is InChI=1S/C11H15NO4/c1-12-6-5-11(14,7-12)9-4-3-8(16-9)10(13)15-2/h3-4,14H,5-7H2,1-2H3. The van der Waals surface area contributed by atoms with Gasteiger partial charge in [0, 0.05) is 13.1 Å². The lowest BCUT2D eigenvalue weighted by molar-refractivity contribution is 0.0237. The van der Waals surface area contributed by atoms with Crippen LogP contribution in [0.5, 0.6) is 0 Å². The number of furan rings is 1. The van der Waals surface area contributed by atoms with Crippen LogP contribution in [0.2, 0.25) is 0 Å².